The standard InChI is InChI=1S/C17H24N4/c1-14(15-7-3-2-4-8-15)10-11-18-13-17-20-19-16-9-5-6-12-21(16)17/h2-4,7-8,14,18H,5-6,9-13H2,1H3. The number of benzene rings is 1. The highest BCUT2D eigenvalue weighted by molar-refractivity contribution is 5.18. The second-order valence-corrected chi connectivity index (χ2v) is 5.92. The minimum atomic E-state index is 0.589. The average molecular weight is 284 g/mol. The third kappa shape index (κ3) is 3.50. The number of aryl methyl sites for hydroxylation is 1. The average Bonchev–Trinajstić information content (AvgIpc) is 2.95. The van der Waals surface area contributed by atoms with Crippen LogP contribution in [-0.2, 0) is 19.5 Å². The molecule has 0 radical (unpaired) electrons. The first-order valence-electron chi connectivity index (χ1n) is 8.01. The van der Waals surface area contributed by atoms with Gasteiger partial charge in [-0.1, -0.05) is 37.3 Å². The van der Waals surface area contributed by atoms with Gasteiger partial charge in [0, 0.05) is 13.0 Å². The molecule has 4 nitrogen and oxygen atoms in total. The van der Waals surface area contributed by atoms with Gasteiger partial charge in [-0.05, 0) is 37.3 Å². The topological polar surface area (TPSA) is 42.7 Å². The lowest BCUT2D eigenvalue weighted by atomic mass is 9.98. The summed E-state index contributed by atoms with van der Waals surface area (Å²) < 4.78 is 2.29. The van der Waals surface area contributed by atoms with Crippen LogP contribution in [0.4, 0.5) is 0 Å². The van der Waals surface area contributed by atoms with E-state index in [1.54, 1.807) is 0 Å². The summed E-state index contributed by atoms with van der Waals surface area (Å²) in [7, 11) is 0. The van der Waals surface area contributed by atoms with Crippen molar-refractivity contribution in [1.29, 1.82) is 0 Å². The van der Waals surface area contributed by atoms with E-state index in [9.17, 15) is 0 Å². The van der Waals surface area contributed by atoms with E-state index < -0.39 is 0 Å². The Labute approximate surface area is 126 Å². The number of nitrogens with one attached hydrogen (secondary N) is 1. The maximum absolute atomic E-state index is 4.32. The van der Waals surface area contributed by atoms with Gasteiger partial charge in [0.15, 0.2) is 0 Å². The molecule has 4 heteroatoms. The van der Waals surface area contributed by atoms with Gasteiger partial charge in [0.1, 0.15) is 11.6 Å². The van der Waals surface area contributed by atoms with E-state index in [2.05, 4.69) is 57.3 Å². The Morgan fingerprint density at radius 1 is 1.19 bits per heavy atom. The van der Waals surface area contributed by atoms with Gasteiger partial charge in [-0.2, -0.15) is 0 Å². The van der Waals surface area contributed by atoms with E-state index in [-0.39, 0.29) is 0 Å². The molecule has 1 atom stereocenters. The van der Waals surface area contributed by atoms with E-state index in [0.29, 0.717) is 5.92 Å². The van der Waals surface area contributed by atoms with Gasteiger partial charge < -0.3 is 9.88 Å². The zero-order valence-corrected chi connectivity index (χ0v) is 12.8. The molecule has 2 heterocycles. The molecule has 1 aromatic heterocycles. The number of hydrogen-bond acceptors (Lipinski definition) is 3. The minimum absolute atomic E-state index is 0.589. The molecule has 0 saturated carbocycles. The molecular weight excluding hydrogens is 260 g/mol. The smallest absolute Gasteiger partial charge is 0.147 e. The summed E-state index contributed by atoms with van der Waals surface area (Å²) in [4.78, 5) is 0. The molecule has 1 unspecified atom stereocenters. The fourth-order valence-electron chi connectivity index (χ4n) is 2.97. The van der Waals surface area contributed by atoms with E-state index in [0.717, 1.165) is 44.1 Å². The van der Waals surface area contributed by atoms with Crippen LogP contribution in [0.3, 0.4) is 0 Å². The maximum atomic E-state index is 4.32. The van der Waals surface area contributed by atoms with E-state index in [4.69, 9.17) is 0 Å². The van der Waals surface area contributed by atoms with Gasteiger partial charge in [0.25, 0.3) is 0 Å². The van der Waals surface area contributed by atoms with Gasteiger partial charge in [-0.3, -0.25) is 0 Å². The van der Waals surface area contributed by atoms with Gasteiger partial charge >= 0.3 is 0 Å². The Morgan fingerprint density at radius 3 is 2.90 bits per heavy atom. The molecule has 1 aliphatic heterocycles. The SMILES string of the molecule is CC(CCNCc1nnc2n1CCCC2)c1ccccc1. The Balaban J connectivity index is 1.45. The molecule has 0 spiro atoms. The van der Waals surface area contributed by atoms with Crippen LogP contribution in [0.25, 0.3) is 0 Å². The largest absolute Gasteiger partial charge is 0.314 e. The zero-order chi connectivity index (χ0) is 14.5. The van der Waals surface area contributed by atoms with Gasteiger partial charge in [-0.25, -0.2) is 0 Å². The summed E-state index contributed by atoms with van der Waals surface area (Å²) in [6, 6.07) is 10.7. The van der Waals surface area contributed by atoms with Crippen molar-refractivity contribution in [2.45, 2.75) is 51.6 Å². The second kappa shape index (κ2) is 6.85. The fourth-order valence-corrected chi connectivity index (χ4v) is 2.97. The van der Waals surface area contributed by atoms with Crippen molar-refractivity contribution in [3.05, 3.63) is 47.5 Å². The van der Waals surface area contributed by atoms with Crippen molar-refractivity contribution in [1.82, 2.24) is 20.1 Å². The van der Waals surface area contributed by atoms with Crippen LogP contribution in [0, 0.1) is 0 Å². The molecule has 0 saturated heterocycles. The molecule has 0 aliphatic carbocycles. The van der Waals surface area contributed by atoms with Crippen molar-refractivity contribution in [2.24, 2.45) is 0 Å². The summed E-state index contributed by atoms with van der Waals surface area (Å²) in [6.45, 7) is 5.21. The van der Waals surface area contributed by atoms with E-state index >= 15 is 0 Å². The van der Waals surface area contributed by atoms with Crippen molar-refractivity contribution < 1.29 is 0 Å². The minimum Gasteiger partial charge on any atom is -0.314 e. The molecule has 0 amide bonds. The van der Waals surface area contributed by atoms with Crippen LogP contribution in [0.1, 0.15) is 49.3 Å². The molecule has 3 rings (SSSR count). The number of rotatable bonds is 6. The van der Waals surface area contributed by atoms with Crippen molar-refractivity contribution >= 4 is 0 Å². The lowest BCUT2D eigenvalue weighted by Crippen LogP contribution is -2.21. The fraction of sp³-hybridized carbons (Fsp3) is 0.529. The maximum Gasteiger partial charge on any atom is 0.147 e. The van der Waals surface area contributed by atoms with E-state index in [1.165, 1.54) is 18.4 Å². The van der Waals surface area contributed by atoms with Crippen LogP contribution in [0.15, 0.2) is 30.3 Å². The Kier molecular flexibility index (Phi) is 4.65. The molecule has 2 aromatic rings. The van der Waals surface area contributed by atoms with E-state index in [1.807, 2.05) is 0 Å². The Bertz CT molecular complexity index is 561. The lowest BCUT2D eigenvalue weighted by molar-refractivity contribution is 0.493. The Hall–Kier alpha value is -1.68. The monoisotopic (exact) mass is 284 g/mol. The second-order valence-electron chi connectivity index (χ2n) is 5.92. The van der Waals surface area contributed by atoms with Crippen molar-refractivity contribution in [2.75, 3.05) is 6.54 Å². The summed E-state index contributed by atoms with van der Waals surface area (Å²) in [5, 5.41) is 12.1. The van der Waals surface area contributed by atoms with Crippen LogP contribution in [0.5, 0.6) is 0 Å². The first-order chi connectivity index (χ1) is 10.3. The molecule has 21 heavy (non-hydrogen) atoms. The molecule has 1 N–H and O–H groups in total. The first-order valence-corrected chi connectivity index (χ1v) is 8.01. The lowest BCUT2D eigenvalue weighted by Gasteiger charge is -2.15. The summed E-state index contributed by atoms with van der Waals surface area (Å²) in [6.07, 6.45) is 4.73. The van der Waals surface area contributed by atoms with Crippen LogP contribution in [0.2, 0.25) is 0 Å². The molecular formula is C17H24N4. The molecule has 1 aliphatic rings. The highest BCUT2D eigenvalue weighted by Gasteiger charge is 2.15. The Morgan fingerprint density at radius 2 is 2.05 bits per heavy atom. The van der Waals surface area contributed by atoms with Crippen LogP contribution in [-0.4, -0.2) is 21.3 Å². The quantitative estimate of drug-likeness (QED) is 0.829. The molecule has 112 valence electrons. The van der Waals surface area contributed by atoms with Crippen molar-refractivity contribution in [3.63, 3.8) is 0 Å². The molecule has 0 fully saturated rings. The third-order valence-corrected chi connectivity index (χ3v) is 4.34. The number of fused-ring (bicyclic) bond motifs is 1. The molecule has 0 bridgehead atoms. The number of aromatic nitrogens is 3. The highest BCUT2D eigenvalue weighted by Crippen LogP contribution is 2.18. The van der Waals surface area contributed by atoms with Crippen LogP contribution >= 0.6 is 0 Å². The van der Waals surface area contributed by atoms with Crippen molar-refractivity contribution in [3.8, 4) is 0 Å². The number of nitrogens with zero attached hydrogens (tertiary/aromatic N) is 3. The normalized spacial score (nSPS) is 15.7. The summed E-state index contributed by atoms with van der Waals surface area (Å²) in [5.74, 6) is 2.85. The summed E-state index contributed by atoms with van der Waals surface area (Å²) in [5.41, 5.74) is 1.42. The van der Waals surface area contributed by atoms with Crippen LogP contribution < -0.4 is 5.32 Å². The van der Waals surface area contributed by atoms with Gasteiger partial charge in [0.05, 0.1) is 6.54 Å². The third-order valence-electron chi connectivity index (χ3n) is 4.34. The first kappa shape index (κ1) is 14.3. The predicted octanol–water partition coefficient (Wildman–Crippen LogP) is 2.90. The van der Waals surface area contributed by atoms with Gasteiger partial charge in [-0.15, -0.1) is 10.2 Å². The zero-order valence-electron chi connectivity index (χ0n) is 12.8. The number of hydrogen-bond donors (Lipinski definition) is 1. The van der Waals surface area contributed by atoms with Gasteiger partial charge in [0.2, 0.25) is 0 Å². The highest BCUT2D eigenvalue weighted by atomic mass is 15.3. The summed E-state index contributed by atoms with van der Waals surface area (Å²) >= 11 is 0. The predicted molar refractivity (Wildman–Crippen MR) is 84.1 cm³/mol. The molecule has 1 aromatic carbocycles.